The third kappa shape index (κ3) is 3.78. The molecule has 1 atom stereocenters. The zero-order valence-electron chi connectivity index (χ0n) is 16.3. The molecule has 0 saturated heterocycles. The molecule has 4 nitrogen and oxygen atoms in total. The molecule has 0 saturated carbocycles. The second-order valence-corrected chi connectivity index (χ2v) is 9.50. The van der Waals surface area contributed by atoms with Crippen molar-refractivity contribution in [1.29, 1.82) is 0 Å². The molecule has 3 aromatic carbocycles. The van der Waals surface area contributed by atoms with Crippen LogP contribution < -0.4 is 0 Å². The second kappa shape index (κ2) is 8.09. The van der Waals surface area contributed by atoms with E-state index in [4.69, 9.17) is 11.6 Å². The van der Waals surface area contributed by atoms with Crippen molar-refractivity contribution in [2.45, 2.75) is 17.7 Å². The fraction of sp³-hybridized carbons (Fsp3) is 0.125. The van der Waals surface area contributed by atoms with E-state index in [0.717, 1.165) is 21.0 Å². The van der Waals surface area contributed by atoms with Crippen LogP contribution in [0.5, 0.6) is 0 Å². The molecular formula is C24H20ClNO3S. The molecule has 0 N–H and O–H groups in total. The van der Waals surface area contributed by atoms with Crippen molar-refractivity contribution in [3.8, 4) is 0 Å². The number of carbonyl (C=O) groups excluding carboxylic acids is 1. The van der Waals surface area contributed by atoms with Gasteiger partial charge in [-0.2, -0.15) is 0 Å². The van der Waals surface area contributed by atoms with E-state index in [1.54, 1.807) is 36.4 Å². The van der Waals surface area contributed by atoms with Crippen LogP contribution in [0.3, 0.4) is 0 Å². The van der Waals surface area contributed by atoms with E-state index in [0.29, 0.717) is 10.6 Å². The Morgan fingerprint density at radius 3 is 2.17 bits per heavy atom. The highest BCUT2D eigenvalue weighted by Gasteiger charge is 2.39. The van der Waals surface area contributed by atoms with Crippen LogP contribution in [0.4, 0.5) is 0 Å². The molecule has 30 heavy (non-hydrogen) atoms. The molecule has 1 unspecified atom stereocenters. The lowest BCUT2D eigenvalue weighted by atomic mass is 9.84. The summed E-state index contributed by atoms with van der Waals surface area (Å²) in [6.45, 7) is 1.87. The Kier molecular flexibility index (Phi) is 5.50. The average Bonchev–Trinajstić information content (AvgIpc) is 2.75. The highest BCUT2D eigenvalue weighted by Crippen LogP contribution is 2.38. The predicted octanol–water partition coefficient (Wildman–Crippen LogP) is 5.05. The van der Waals surface area contributed by atoms with Crippen LogP contribution in [-0.4, -0.2) is 25.2 Å². The quantitative estimate of drug-likeness (QED) is 0.574. The van der Waals surface area contributed by atoms with Gasteiger partial charge in [0.05, 0.1) is 17.4 Å². The summed E-state index contributed by atoms with van der Waals surface area (Å²) in [7, 11) is -3.97. The van der Waals surface area contributed by atoms with Gasteiger partial charge in [0.2, 0.25) is 5.91 Å². The molecule has 6 heteroatoms. The standard InChI is InChI=1S/C24H20ClNO3S/c1-17-7-13-21(14-8-17)30(28,29)26-16-15-22(18-5-3-2-4-6-18)23(24(26)27)19-9-11-20(25)12-10-19/h2-15,23H,16H2,1H3. The van der Waals surface area contributed by atoms with Crippen molar-refractivity contribution >= 4 is 33.1 Å². The monoisotopic (exact) mass is 437 g/mol. The van der Waals surface area contributed by atoms with Crippen molar-refractivity contribution in [3.05, 3.63) is 107 Å². The summed E-state index contributed by atoms with van der Waals surface area (Å²) in [5.74, 6) is -1.21. The first-order valence-corrected chi connectivity index (χ1v) is 11.3. The number of hydrogen-bond acceptors (Lipinski definition) is 3. The third-order valence-corrected chi connectivity index (χ3v) is 7.23. The maximum atomic E-state index is 13.6. The second-order valence-electron chi connectivity index (χ2n) is 7.20. The molecule has 1 heterocycles. The van der Waals surface area contributed by atoms with Gasteiger partial charge in [-0.1, -0.05) is 77.8 Å². The van der Waals surface area contributed by atoms with E-state index in [1.165, 1.54) is 12.1 Å². The number of rotatable bonds is 4. The van der Waals surface area contributed by atoms with Crippen LogP contribution in [-0.2, 0) is 14.8 Å². The SMILES string of the molecule is Cc1ccc(S(=O)(=O)N2CC=C(c3ccccc3)C(c3ccc(Cl)cc3)C2=O)cc1. The Morgan fingerprint density at radius 2 is 1.53 bits per heavy atom. The summed E-state index contributed by atoms with van der Waals surface area (Å²) < 4.78 is 27.4. The van der Waals surface area contributed by atoms with Gasteiger partial charge in [0.15, 0.2) is 0 Å². The minimum absolute atomic E-state index is 0.0106. The van der Waals surface area contributed by atoms with Gasteiger partial charge in [-0.05, 0) is 47.9 Å². The zero-order valence-corrected chi connectivity index (χ0v) is 17.9. The van der Waals surface area contributed by atoms with Crippen molar-refractivity contribution in [2.75, 3.05) is 6.54 Å². The highest BCUT2D eigenvalue weighted by molar-refractivity contribution is 7.89. The van der Waals surface area contributed by atoms with Crippen LogP contribution in [0.15, 0.2) is 89.8 Å². The molecule has 0 radical (unpaired) electrons. The van der Waals surface area contributed by atoms with E-state index in [9.17, 15) is 13.2 Å². The van der Waals surface area contributed by atoms with Crippen molar-refractivity contribution in [1.82, 2.24) is 4.31 Å². The molecule has 1 amide bonds. The lowest BCUT2D eigenvalue weighted by Crippen LogP contribution is -2.43. The Morgan fingerprint density at radius 1 is 0.900 bits per heavy atom. The maximum Gasteiger partial charge on any atom is 0.266 e. The van der Waals surface area contributed by atoms with Crippen molar-refractivity contribution < 1.29 is 13.2 Å². The van der Waals surface area contributed by atoms with E-state index >= 15 is 0 Å². The number of sulfonamides is 1. The maximum absolute atomic E-state index is 13.6. The Balaban J connectivity index is 1.81. The van der Waals surface area contributed by atoms with Gasteiger partial charge >= 0.3 is 0 Å². The molecule has 0 aromatic heterocycles. The molecule has 0 aliphatic carbocycles. The Labute approximate surface area is 181 Å². The molecule has 152 valence electrons. The fourth-order valence-electron chi connectivity index (χ4n) is 3.61. The highest BCUT2D eigenvalue weighted by atomic mass is 35.5. The van der Waals surface area contributed by atoms with Crippen molar-refractivity contribution in [2.24, 2.45) is 0 Å². The normalized spacial score (nSPS) is 17.0. The van der Waals surface area contributed by atoms with Crippen molar-refractivity contribution in [3.63, 3.8) is 0 Å². The molecule has 0 fully saturated rings. The van der Waals surface area contributed by atoms with Crippen LogP contribution in [0.25, 0.3) is 5.57 Å². The van der Waals surface area contributed by atoms with Gasteiger partial charge in [-0.3, -0.25) is 4.79 Å². The molecule has 1 aliphatic rings. The minimum Gasteiger partial charge on any atom is -0.273 e. The van der Waals surface area contributed by atoms with E-state index in [2.05, 4.69) is 0 Å². The number of hydrogen-bond donors (Lipinski definition) is 0. The number of benzene rings is 3. The summed E-state index contributed by atoms with van der Waals surface area (Å²) in [4.78, 5) is 13.7. The largest absolute Gasteiger partial charge is 0.273 e. The topological polar surface area (TPSA) is 54.5 Å². The van der Waals surface area contributed by atoms with Crippen LogP contribution in [0.1, 0.15) is 22.6 Å². The van der Waals surface area contributed by atoms with Gasteiger partial charge < -0.3 is 0 Å². The lowest BCUT2D eigenvalue weighted by molar-refractivity contribution is -0.126. The number of amides is 1. The summed E-state index contributed by atoms with van der Waals surface area (Å²) in [6, 6.07) is 23.0. The smallest absolute Gasteiger partial charge is 0.266 e. The number of nitrogens with zero attached hydrogens (tertiary/aromatic N) is 1. The molecule has 1 aliphatic heterocycles. The first kappa shape index (κ1) is 20.4. The van der Waals surface area contributed by atoms with E-state index in [-0.39, 0.29) is 11.4 Å². The predicted molar refractivity (Wildman–Crippen MR) is 119 cm³/mol. The van der Waals surface area contributed by atoms with Crippen LogP contribution in [0.2, 0.25) is 5.02 Å². The van der Waals surface area contributed by atoms with E-state index < -0.39 is 21.8 Å². The summed E-state index contributed by atoms with van der Waals surface area (Å²) in [5, 5.41) is 0.552. The first-order chi connectivity index (χ1) is 14.4. The summed E-state index contributed by atoms with van der Waals surface area (Å²) in [5.41, 5.74) is 3.32. The summed E-state index contributed by atoms with van der Waals surface area (Å²) in [6.07, 6.45) is 1.82. The molecule has 4 rings (SSSR count). The third-order valence-electron chi connectivity index (χ3n) is 5.20. The molecule has 0 spiro atoms. The lowest BCUT2D eigenvalue weighted by Gasteiger charge is -2.32. The molecule has 3 aromatic rings. The number of halogens is 1. The molecular weight excluding hydrogens is 418 g/mol. The minimum atomic E-state index is -3.97. The van der Waals surface area contributed by atoms with E-state index in [1.807, 2.05) is 43.3 Å². The number of aryl methyl sites for hydroxylation is 1. The van der Waals surface area contributed by atoms with Gasteiger partial charge in [0, 0.05) is 5.02 Å². The fourth-order valence-corrected chi connectivity index (χ4v) is 5.09. The Bertz CT molecular complexity index is 1200. The zero-order chi connectivity index (χ0) is 21.3. The first-order valence-electron chi connectivity index (χ1n) is 9.52. The van der Waals surface area contributed by atoms with Crippen LogP contribution in [0, 0.1) is 6.92 Å². The van der Waals surface area contributed by atoms with Gasteiger partial charge in [0.1, 0.15) is 0 Å². The number of carbonyl (C=O) groups is 1. The van der Waals surface area contributed by atoms with Gasteiger partial charge in [0.25, 0.3) is 10.0 Å². The summed E-state index contributed by atoms with van der Waals surface area (Å²) >= 11 is 6.03. The van der Waals surface area contributed by atoms with Gasteiger partial charge in [-0.25, -0.2) is 12.7 Å². The average molecular weight is 438 g/mol. The molecule has 0 bridgehead atoms. The Hall–Kier alpha value is -2.89. The van der Waals surface area contributed by atoms with Gasteiger partial charge in [-0.15, -0.1) is 0 Å². The van der Waals surface area contributed by atoms with Crippen LogP contribution >= 0.6 is 11.6 Å².